The van der Waals surface area contributed by atoms with Crippen LogP contribution in [0.4, 0.5) is 0 Å². The van der Waals surface area contributed by atoms with Crippen molar-refractivity contribution in [1.29, 1.82) is 0 Å². The van der Waals surface area contributed by atoms with Crippen LogP contribution < -0.4 is 4.78 Å². The first kappa shape index (κ1) is 17.2. The predicted molar refractivity (Wildman–Crippen MR) is 91.4 cm³/mol. The molecule has 1 aromatic heterocycles. The van der Waals surface area contributed by atoms with Gasteiger partial charge in [0.25, 0.3) is 0 Å². The maximum atomic E-state index is 10.4. The lowest BCUT2D eigenvalue weighted by molar-refractivity contribution is -0.0981. The number of aryl methyl sites for hydroxylation is 1. The molecule has 6 heteroatoms. The molecule has 118 valence electrons. The van der Waals surface area contributed by atoms with E-state index in [1.165, 1.54) is 16.9 Å². The molecule has 0 aliphatic heterocycles. The molecule has 0 spiro atoms. The van der Waals surface area contributed by atoms with Gasteiger partial charge in [0.05, 0.1) is 27.2 Å². The Balaban J connectivity index is 2.27. The molecule has 0 amide bonds. The molecule has 2 aromatic rings. The molecule has 0 aliphatic rings. The minimum Gasteiger partial charge on any atom is -0.422 e. The van der Waals surface area contributed by atoms with Crippen molar-refractivity contribution < 1.29 is 14.8 Å². The molecule has 0 saturated carbocycles. The Morgan fingerprint density at radius 3 is 2.27 bits per heavy atom. The highest BCUT2D eigenvalue weighted by atomic mass is 32.1. The predicted octanol–water partition coefficient (Wildman–Crippen LogP) is 2.37. The maximum Gasteiger partial charge on any atom is 0.504 e. The topological polar surface area (TPSA) is 62.6 Å². The Kier molecular flexibility index (Phi) is 4.77. The van der Waals surface area contributed by atoms with E-state index in [0.717, 1.165) is 5.56 Å². The third-order valence-corrected chi connectivity index (χ3v) is 4.88. The molecule has 0 atom stereocenters. The Bertz CT molecular complexity index is 632. The zero-order valence-corrected chi connectivity index (χ0v) is 14.4. The molecule has 22 heavy (non-hydrogen) atoms. The van der Waals surface area contributed by atoms with Crippen molar-refractivity contribution in [1.82, 2.24) is 4.98 Å². The zero-order valence-electron chi connectivity index (χ0n) is 13.6. The minimum atomic E-state index is -1.13. The number of thiazole rings is 1. The van der Waals surface area contributed by atoms with Crippen LogP contribution >= 0.6 is 11.3 Å². The van der Waals surface area contributed by atoms with E-state index >= 15 is 0 Å². The van der Waals surface area contributed by atoms with Crippen LogP contribution in [-0.2, 0) is 4.65 Å². The largest absolute Gasteiger partial charge is 0.504 e. The second kappa shape index (κ2) is 6.12. The van der Waals surface area contributed by atoms with Crippen LogP contribution in [0, 0.1) is 6.92 Å². The second-order valence-corrected chi connectivity index (χ2v) is 7.36. The molecule has 0 radical (unpaired) electrons. The number of nitrogens with zero attached hydrogens (tertiary/aromatic N) is 1. The first-order chi connectivity index (χ1) is 10.1. The molecule has 0 bridgehead atoms. The van der Waals surface area contributed by atoms with Crippen LogP contribution in [0.15, 0.2) is 29.8 Å². The van der Waals surface area contributed by atoms with Crippen molar-refractivity contribution in [2.45, 2.75) is 45.8 Å². The number of benzene rings is 1. The van der Waals surface area contributed by atoms with Gasteiger partial charge in [0.2, 0.25) is 0 Å². The van der Waals surface area contributed by atoms with Gasteiger partial charge < -0.3 is 14.8 Å². The molecule has 0 saturated heterocycles. The summed E-state index contributed by atoms with van der Waals surface area (Å²) < 4.78 is 6.35. The van der Waals surface area contributed by atoms with Gasteiger partial charge >= 0.3 is 7.12 Å². The highest BCUT2D eigenvalue weighted by molar-refractivity contribution is 7.21. The molecule has 1 heterocycles. The first-order valence-electron chi connectivity index (χ1n) is 7.20. The summed E-state index contributed by atoms with van der Waals surface area (Å²) in [6, 6.07) is 7.96. The molecule has 0 fully saturated rings. The number of aromatic nitrogens is 1. The summed E-state index contributed by atoms with van der Waals surface area (Å²) in [4.78, 5) is 4.35. The zero-order chi connectivity index (χ0) is 16.5. The van der Waals surface area contributed by atoms with Crippen LogP contribution in [0.25, 0.3) is 11.3 Å². The third kappa shape index (κ3) is 3.58. The van der Waals surface area contributed by atoms with Gasteiger partial charge in [-0.15, -0.1) is 11.3 Å². The molecule has 1 aromatic carbocycles. The lowest BCUT2D eigenvalue weighted by Gasteiger charge is -2.38. The number of aliphatic hydroxyl groups is 1. The van der Waals surface area contributed by atoms with Gasteiger partial charge in [0.1, 0.15) is 0 Å². The summed E-state index contributed by atoms with van der Waals surface area (Å²) in [7, 11) is -1.13. The van der Waals surface area contributed by atoms with E-state index in [9.17, 15) is 10.1 Å². The Morgan fingerprint density at radius 2 is 1.73 bits per heavy atom. The van der Waals surface area contributed by atoms with Gasteiger partial charge in [0, 0.05) is 5.56 Å². The maximum absolute atomic E-state index is 10.4. The van der Waals surface area contributed by atoms with Crippen molar-refractivity contribution >= 4 is 23.2 Å². The molecule has 0 unspecified atom stereocenters. The van der Waals surface area contributed by atoms with Crippen LogP contribution in [0.2, 0.25) is 0 Å². The third-order valence-electron chi connectivity index (χ3n) is 4.02. The normalized spacial score (nSPS) is 12.5. The van der Waals surface area contributed by atoms with Crippen molar-refractivity contribution in [3.8, 4) is 11.3 Å². The van der Waals surface area contributed by atoms with Crippen LogP contribution in [0.1, 0.15) is 33.3 Å². The fourth-order valence-corrected chi connectivity index (χ4v) is 2.55. The second-order valence-electron chi connectivity index (χ2n) is 6.47. The lowest BCUT2D eigenvalue weighted by Crippen LogP contribution is -2.53. The number of hydrogen-bond acceptors (Lipinski definition) is 5. The Morgan fingerprint density at radius 1 is 1.14 bits per heavy atom. The van der Waals surface area contributed by atoms with Gasteiger partial charge in [-0.25, -0.2) is 4.98 Å². The van der Waals surface area contributed by atoms with Crippen molar-refractivity contribution in [3.05, 3.63) is 35.3 Å². The van der Waals surface area contributed by atoms with Crippen molar-refractivity contribution in [3.63, 3.8) is 0 Å². The lowest BCUT2D eigenvalue weighted by atomic mass is 9.80. The van der Waals surface area contributed by atoms with Gasteiger partial charge in [-0.05, 0) is 34.6 Å². The quantitative estimate of drug-likeness (QED) is 0.831. The molecular weight excluding hydrogens is 297 g/mol. The Hall–Kier alpha value is -1.21. The van der Waals surface area contributed by atoms with Gasteiger partial charge in [-0.3, -0.25) is 0 Å². The summed E-state index contributed by atoms with van der Waals surface area (Å²) in [5.74, 6) is 0. The minimum absolute atomic E-state index is 0.640. The van der Waals surface area contributed by atoms with Gasteiger partial charge in [0.15, 0.2) is 0 Å². The average Bonchev–Trinajstić information content (AvgIpc) is 2.87. The molecular formula is C16H22BNO3S. The van der Waals surface area contributed by atoms with Crippen LogP contribution in [0.3, 0.4) is 0 Å². The fourth-order valence-electron chi connectivity index (χ4n) is 1.84. The van der Waals surface area contributed by atoms with E-state index in [2.05, 4.69) is 4.98 Å². The van der Waals surface area contributed by atoms with Crippen LogP contribution in [-0.4, -0.2) is 33.4 Å². The highest BCUT2D eigenvalue weighted by Gasteiger charge is 2.40. The summed E-state index contributed by atoms with van der Waals surface area (Å²) in [6.07, 6.45) is 0. The number of hydrogen-bond donors (Lipinski definition) is 2. The highest BCUT2D eigenvalue weighted by Crippen LogP contribution is 2.26. The van der Waals surface area contributed by atoms with E-state index in [0.29, 0.717) is 10.5 Å². The summed E-state index contributed by atoms with van der Waals surface area (Å²) in [6.45, 7) is 8.85. The average molecular weight is 319 g/mol. The Labute approximate surface area is 135 Å². The molecule has 0 aliphatic carbocycles. The standard InChI is InChI=1S/C16H22BNO3S/c1-11-6-8-12(9-7-11)13-14(22-10-18-13)17(20)21-16(4,5)15(2,3)19/h6-10,19-20H,1-5H3. The number of rotatable bonds is 5. The van der Waals surface area contributed by atoms with E-state index in [1.807, 2.05) is 31.2 Å². The summed E-state index contributed by atoms with van der Waals surface area (Å²) >= 11 is 1.34. The van der Waals surface area contributed by atoms with E-state index in [1.54, 1.807) is 33.2 Å². The SMILES string of the molecule is Cc1ccc(-c2ncsc2B(O)OC(C)(C)C(C)(C)O)cc1. The van der Waals surface area contributed by atoms with Crippen LogP contribution in [0.5, 0.6) is 0 Å². The van der Waals surface area contributed by atoms with E-state index < -0.39 is 18.3 Å². The molecule has 4 nitrogen and oxygen atoms in total. The first-order valence-corrected chi connectivity index (χ1v) is 8.08. The monoisotopic (exact) mass is 319 g/mol. The van der Waals surface area contributed by atoms with E-state index in [4.69, 9.17) is 4.65 Å². The summed E-state index contributed by atoms with van der Waals surface area (Å²) in [5, 5.41) is 20.6. The molecule has 2 rings (SSSR count). The fraction of sp³-hybridized carbons (Fsp3) is 0.438. The summed E-state index contributed by atoms with van der Waals surface area (Å²) in [5.41, 5.74) is 2.52. The van der Waals surface area contributed by atoms with Gasteiger partial charge in [-0.2, -0.15) is 0 Å². The van der Waals surface area contributed by atoms with Crippen molar-refractivity contribution in [2.24, 2.45) is 0 Å². The molecule has 2 N–H and O–H groups in total. The smallest absolute Gasteiger partial charge is 0.422 e. The van der Waals surface area contributed by atoms with Gasteiger partial charge in [-0.1, -0.05) is 29.8 Å². The van der Waals surface area contributed by atoms with Crippen molar-refractivity contribution in [2.75, 3.05) is 0 Å². The van der Waals surface area contributed by atoms with E-state index in [-0.39, 0.29) is 0 Å².